The molecule has 1 aromatic heterocycles. The third kappa shape index (κ3) is 5.47. The average Bonchev–Trinajstić information content (AvgIpc) is 3.37. The van der Waals surface area contributed by atoms with Gasteiger partial charge in [0.05, 0.1) is 18.5 Å². The van der Waals surface area contributed by atoms with Crippen molar-refractivity contribution in [2.75, 3.05) is 17.9 Å². The summed E-state index contributed by atoms with van der Waals surface area (Å²) in [5, 5.41) is 16.8. The minimum absolute atomic E-state index is 0.159. The third-order valence-electron chi connectivity index (χ3n) is 4.33. The van der Waals surface area contributed by atoms with Gasteiger partial charge >= 0.3 is 0 Å². The van der Waals surface area contributed by atoms with Gasteiger partial charge in [0.15, 0.2) is 22.5 Å². The largest absolute Gasteiger partial charge is 0.454 e. The molecule has 0 saturated carbocycles. The molecule has 4 rings (SSSR count). The number of aromatic nitrogens is 3. The molecule has 31 heavy (non-hydrogen) atoms. The molecular weight excluding hydrogens is 440 g/mol. The number of hydrazone groups is 1. The van der Waals surface area contributed by atoms with E-state index in [1.807, 2.05) is 41.9 Å². The van der Waals surface area contributed by atoms with Crippen molar-refractivity contribution in [2.45, 2.75) is 11.7 Å². The molecule has 0 radical (unpaired) electrons. The number of ether oxygens (including phenoxy) is 2. The highest BCUT2D eigenvalue weighted by Crippen LogP contribution is 2.31. The van der Waals surface area contributed by atoms with Crippen LogP contribution in [0.1, 0.15) is 11.4 Å². The molecule has 0 aliphatic carbocycles. The Bertz CT molecular complexity index is 1120. The third-order valence-corrected chi connectivity index (χ3v) is 5.59. The molecule has 0 fully saturated rings. The Labute approximate surface area is 187 Å². The Hall–Kier alpha value is -3.24. The topological polar surface area (TPSA) is 103 Å². The van der Waals surface area contributed by atoms with E-state index in [9.17, 15) is 4.79 Å². The molecule has 0 unspecified atom stereocenters. The van der Waals surface area contributed by atoms with Gasteiger partial charge in [-0.1, -0.05) is 29.4 Å². The number of benzene rings is 2. The van der Waals surface area contributed by atoms with Gasteiger partial charge in [-0.2, -0.15) is 5.10 Å². The van der Waals surface area contributed by atoms with Crippen LogP contribution in [0, 0.1) is 0 Å². The summed E-state index contributed by atoms with van der Waals surface area (Å²) in [5.41, 5.74) is 4.19. The van der Waals surface area contributed by atoms with Crippen molar-refractivity contribution in [2.24, 2.45) is 12.1 Å². The zero-order chi connectivity index (χ0) is 21.6. The summed E-state index contributed by atoms with van der Waals surface area (Å²) in [5.74, 6) is 2.01. The molecule has 1 aliphatic heterocycles. The summed E-state index contributed by atoms with van der Waals surface area (Å²) in [7, 11) is 1.85. The van der Waals surface area contributed by atoms with Gasteiger partial charge in [-0.05, 0) is 42.0 Å². The predicted molar refractivity (Wildman–Crippen MR) is 119 cm³/mol. The summed E-state index contributed by atoms with van der Waals surface area (Å²) in [6.07, 6.45) is 1.55. The number of thioether (sulfide) groups is 1. The normalized spacial score (nSPS) is 12.3. The molecule has 0 bridgehead atoms. The highest BCUT2D eigenvalue weighted by atomic mass is 35.5. The van der Waals surface area contributed by atoms with E-state index in [4.69, 9.17) is 21.1 Å². The quantitative estimate of drug-likeness (QED) is 0.304. The number of rotatable bonds is 8. The van der Waals surface area contributed by atoms with Gasteiger partial charge in [-0.25, -0.2) is 5.43 Å². The van der Waals surface area contributed by atoms with Crippen molar-refractivity contribution in [3.63, 3.8) is 0 Å². The molecule has 11 heteroatoms. The van der Waals surface area contributed by atoms with E-state index in [1.165, 1.54) is 11.8 Å². The van der Waals surface area contributed by atoms with Crippen molar-refractivity contribution in [1.82, 2.24) is 20.2 Å². The van der Waals surface area contributed by atoms with Crippen molar-refractivity contribution in [1.29, 1.82) is 0 Å². The molecule has 1 aliphatic rings. The monoisotopic (exact) mass is 458 g/mol. The molecular formula is C20H19ClN6O3S. The first-order valence-corrected chi connectivity index (χ1v) is 10.7. The number of nitrogens with zero attached hydrogens (tertiary/aromatic N) is 4. The average molecular weight is 459 g/mol. The molecule has 2 heterocycles. The summed E-state index contributed by atoms with van der Waals surface area (Å²) in [6, 6.07) is 12.9. The fourth-order valence-electron chi connectivity index (χ4n) is 2.74. The minimum atomic E-state index is -0.247. The van der Waals surface area contributed by atoms with Gasteiger partial charge in [0, 0.05) is 17.8 Å². The first-order valence-electron chi connectivity index (χ1n) is 9.30. The van der Waals surface area contributed by atoms with Crippen LogP contribution in [-0.4, -0.2) is 39.4 Å². The number of amides is 1. The maximum Gasteiger partial charge on any atom is 0.250 e. The van der Waals surface area contributed by atoms with Gasteiger partial charge in [-0.3, -0.25) is 4.79 Å². The summed E-state index contributed by atoms with van der Waals surface area (Å²) in [6.45, 7) is 0.695. The number of nitrogens with one attached hydrogen (secondary N) is 2. The van der Waals surface area contributed by atoms with E-state index in [1.54, 1.807) is 18.3 Å². The van der Waals surface area contributed by atoms with Gasteiger partial charge in [0.1, 0.15) is 0 Å². The maximum atomic E-state index is 12.1. The minimum Gasteiger partial charge on any atom is -0.454 e. The second kappa shape index (κ2) is 9.71. The number of halogens is 1. The van der Waals surface area contributed by atoms with Gasteiger partial charge in [0.2, 0.25) is 6.79 Å². The van der Waals surface area contributed by atoms with Crippen LogP contribution in [0.25, 0.3) is 0 Å². The van der Waals surface area contributed by atoms with E-state index in [-0.39, 0.29) is 18.5 Å². The highest BCUT2D eigenvalue weighted by molar-refractivity contribution is 7.99. The molecule has 9 nitrogen and oxygen atoms in total. The lowest BCUT2D eigenvalue weighted by Crippen LogP contribution is -2.20. The van der Waals surface area contributed by atoms with Crippen LogP contribution in [0.2, 0.25) is 5.02 Å². The highest BCUT2D eigenvalue weighted by Gasteiger charge is 2.13. The Balaban J connectivity index is 1.24. The van der Waals surface area contributed by atoms with Crippen LogP contribution < -0.4 is 20.2 Å². The molecule has 2 aromatic carbocycles. The summed E-state index contributed by atoms with van der Waals surface area (Å²) >= 11 is 7.27. The van der Waals surface area contributed by atoms with Crippen LogP contribution in [-0.2, 0) is 18.4 Å². The summed E-state index contributed by atoms with van der Waals surface area (Å²) in [4.78, 5) is 12.1. The molecule has 0 spiro atoms. The van der Waals surface area contributed by atoms with E-state index >= 15 is 0 Å². The van der Waals surface area contributed by atoms with E-state index < -0.39 is 0 Å². The lowest BCUT2D eigenvalue weighted by atomic mass is 10.2. The Kier molecular flexibility index (Phi) is 6.58. The van der Waals surface area contributed by atoms with Gasteiger partial charge < -0.3 is 19.4 Å². The second-order valence-corrected chi connectivity index (χ2v) is 7.90. The Morgan fingerprint density at radius 3 is 3.00 bits per heavy atom. The van der Waals surface area contributed by atoms with Crippen molar-refractivity contribution >= 4 is 41.2 Å². The zero-order valence-corrected chi connectivity index (χ0v) is 18.1. The molecule has 0 saturated heterocycles. The number of carbonyl (C=O) groups is 1. The Morgan fingerprint density at radius 1 is 1.26 bits per heavy atom. The van der Waals surface area contributed by atoms with E-state index in [0.29, 0.717) is 28.2 Å². The number of hydrogen-bond donors (Lipinski definition) is 2. The van der Waals surface area contributed by atoms with E-state index in [2.05, 4.69) is 26.0 Å². The Morgan fingerprint density at radius 2 is 2.13 bits per heavy atom. The van der Waals surface area contributed by atoms with Crippen molar-refractivity contribution < 1.29 is 14.3 Å². The fraction of sp³-hybridized carbons (Fsp3) is 0.200. The lowest BCUT2D eigenvalue weighted by Gasteiger charge is -2.07. The number of carbonyl (C=O) groups excluding carboxylic acids is 1. The van der Waals surface area contributed by atoms with Crippen molar-refractivity contribution in [3.8, 4) is 11.5 Å². The maximum absolute atomic E-state index is 12.1. The second-order valence-electron chi connectivity index (χ2n) is 6.52. The predicted octanol–water partition coefficient (Wildman–Crippen LogP) is 3.05. The van der Waals surface area contributed by atoms with Crippen LogP contribution in [0.5, 0.6) is 11.5 Å². The molecule has 1 amide bonds. The molecule has 3 aromatic rings. The van der Waals surface area contributed by atoms with Crippen LogP contribution in [0.3, 0.4) is 0 Å². The number of hydrogen-bond acceptors (Lipinski definition) is 8. The number of anilines is 1. The molecule has 160 valence electrons. The van der Waals surface area contributed by atoms with Gasteiger partial charge in [0.25, 0.3) is 5.91 Å². The lowest BCUT2D eigenvalue weighted by molar-refractivity contribution is -0.118. The smallest absolute Gasteiger partial charge is 0.250 e. The fourth-order valence-corrected chi connectivity index (χ4v) is 3.65. The van der Waals surface area contributed by atoms with Gasteiger partial charge in [-0.15, -0.1) is 10.2 Å². The van der Waals surface area contributed by atoms with Crippen LogP contribution in [0.15, 0.2) is 52.7 Å². The first kappa shape index (κ1) is 21.0. The van der Waals surface area contributed by atoms with Crippen LogP contribution >= 0.6 is 23.4 Å². The van der Waals surface area contributed by atoms with Crippen molar-refractivity contribution in [3.05, 3.63) is 58.9 Å². The van der Waals surface area contributed by atoms with Crippen LogP contribution in [0.4, 0.5) is 5.69 Å². The molecule has 0 atom stereocenters. The van der Waals surface area contributed by atoms with E-state index in [0.717, 1.165) is 17.1 Å². The SMILES string of the molecule is Cn1c(CNc2cccc(Cl)c2)nnc1SCC(=O)N/N=C/c1ccc2c(c1)OCO2. The standard InChI is InChI=1S/C20H19ClN6O3S/c1-27-18(10-22-15-4-2-3-14(21)8-15)24-26-20(27)31-11-19(28)25-23-9-13-5-6-16-17(7-13)30-12-29-16/h2-9,22H,10-12H2,1H3,(H,25,28)/b23-9+. The first-order chi connectivity index (χ1) is 15.1. The zero-order valence-electron chi connectivity index (χ0n) is 16.5. The summed E-state index contributed by atoms with van der Waals surface area (Å²) < 4.78 is 12.4. The number of fused-ring (bicyclic) bond motifs is 1. The molecule has 2 N–H and O–H groups in total.